The molecule has 1 nitrogen and oxygen atoms in total. The zero-order valence-electron chi connectivity index (χ0n) is 9.88. The van der Waals surface area contributed by atoms with Crippen molar-refractivity contribution < 1.29 is 4.79 Å². The molecule has 0 spiro atoms. The van der Waals surface area contributed by atoms with E-state index in [1.165, 1.54) is 19.3 Å². The molecule has 0 radical (unpaired) electrons. The SMILES string of the molecule is CCCC1CCC(=O)C(C(C)CC)C1. The first-order chi connectivity index (χ1) is 6.69. The second-order valence-corrected chi connectivity index (χ2v) is 4.89. The van der Waals surface area contributed by atoms with Gasteiger partial charge in [0.2, 0.25) is 0 Å². The summed E-state index contributed by atoms with van der Waals surface area (Å²) in [5, 5.41) is 0. The van der Waals surface area contributed by atoms with Gasteiger partial charge in [-0.2, -0.15) is 0 Å². The lowest BCUT2D eigenvalue weighted by atomic mass is 9.73. The van der Waals surface area contributed by atoms with Crippen LogP contribution < -0.4 is 0 Å². The molecule has 3 atom stereocenters. The minimum absolute atomic E-state index is 0.380. The Hall–Kier alpha value is -0.330. The van der Waals surface area contributed by atoms with Crippen LogP contribution in [0.5, 0.6) is 0 Å². The Bertz CT molecular complexity index is 186. The first-order valence-corrected chi connectivity index (χ1v) is 6.21. The fraction of sp³-hybridized carbons (Fsp3) is 0.923. The molecule has 1 aliphatic carbocycles. The van der Waals surface area contributed by atoms with E-state index in [9.17, 15) is 4.79 Å². The Morgan fingerprint density at radius 3 is 2.71 bits per heavy atom. The van der Waals surface area contributed by atoms with Crippen molar-refractivity contribution in [2.75, 3.05) is 0 Å². The van der Waals surface area contributed by atoms with Gasteiger partial charge in [0.05, 0.1) is 0 Å². The summed E-state index contributed by atoms with van der Waals surface area (Å²) in [7, 11) is 0. The topological polar surface area (TPSA) is 17.1 Å². The summed E-state index contributed by atoms with van der Waals surface area (Å²) in [6.07, 6.45) is 6.91. The quantitative estimate of drug-likeness (QED) is 0.668. The molecule has 0 saturated heterocycles. The molecule has 82 valence electrons. The van der Waals surface area contributed by atoms with Crippen molar-refractivity contribution in [3.05, 3.63) is 0 Å². The van der Waals surface area contributed by atoms with Crippen molar-refractivity contribution in [2.45, 2.75) is 59.3 Å². The predicted molar refractivity (Wildman–Crippen MR) is 60.2 cm³/mol. The third-order valence-electron chi connectivity index (χ3n) is 3.83. The molecule has 0 heterocycles. The van der Waals surface area contributed by atoms with E-state index >= 15 is 0 Å². The molecule has 1 saturated carbocycles. The Morgan fingerprint density at radius 2 is 2.14 bits per heavy atom. The molecule has 1 heteroatoms. The van der Waals surface area contributed by atoms with Crippen molar-refractivity contribution in [1.82, 2.24) is 0 Å². The van der Waals surface area contributed by atoms with Gasteiger partial charge in [-0.25, -0.2) is 0 Å². The van der Waals surface area contributed by atoms with Gasteiger partial charge in [0.25, 0.3) is 0 Å². The van der Waals surface area contributed by atoms with Crippen molar-refractivity contribution in [2.24, 2.45) is 17.8 Å². The zero-order chi connectivity index (χ0) is 10.6. The molecular weight excluding hydrogens is 172 g/mol. The lowest BCUT2D eigenvalue weighted by molar-refractivity contribution is -0.127. The van der Waals surface area contributed by atoms with Crippen LogP contribution >= 0.6 is 0 Å². The first kappa shape index (κ1) is 11.7. The molecule has 1 fully saturated rings. The maximum atomic E-state index is 11.7. The van der Waals surface area contributed by atoms with E-state index in [2.05, 4.69) is 20.8 Å². The number of carbonyl (C=O) groups excluding carboxylic acids is 1. The highest BCUT2D eigenvalue weighted by atomic mass is 16.1. The fourth-order valence-corrected chi connectivity index (χ4v) is 2.64. The molecule has 14 heavy (non-hydrogen) atoms. The van der Waals surface area contributed by atoms with E-state index in [1.54, 1.807) is 0 Å². The molecule has 0 aromatic heterocycles. The highest BCUT2D eigenvalue weighted by molar-refractivity contribution is 5.81. The van der Waals surface area contributed by atoms with Crippen molar-refractivity contribution >= 4 is 5.78 Å². The van der Waals surface area contributed by atoms with Crippen LogP contribution in [0.4, 0.5) is 0 Å². The van der Waals surface area contributed by atoms with E-state index in [-0.39, 0.29) is 0 Å². The minimum Gasteiger partial charge on any atom is -0.299 e. The van der Waals surface area contributed by atoms with Crippen LogP contribution in [0.3, 0.4) is 0 Å². The van der Waals surface area contributed by atoms with Gasteiger partial charge in [0, 0.05) is 12.3 Å². The second kappa shape index (κ2) is 5.53. The van der Waals surface area contributed by atoms with Crippen LogP contribution in [-0.2, 0) is 4.79 Å². The zero-order valence-corrected chi connectivity index (χ0v) is 9.88. The van der Waals surface area contributed by atoms with E-state index in [0.717, 1.165) is 25.2 Å². The number of Topliss-reactive ketones (excluding diaryl/α,β-unsaturated/α-hetero) is 1. The van der Waals surface area contributed by atoms with Gasteiger partial charge >= 0.3 is 0 Å². The summed E-state index contributed by atoms with van der Waals surface area (Å²) in [5.74, 6) is 2.34. The van der Waals surface area contributed by atoms with Crippen molar-refractivity contribution in [3.63, 3.8) is 0 Å². The lowest BCUT2D eigenvalue weighted by Gasteiger charge is -2.31. The van der Waals surface area contributed by atoms with Crippen LogP contribution in [0.25, 0.3) is 0 Å². The third kappa shape index (κ3) is 2.83. The van der Waals surface area contributed by atoms with Crippen LogP contribution in [-0.4, -0.2) is 5.78 Å². The highest BCUT2D eigenvalue weighted by Crippen LogP contribution is 2.34. The van der Waals surface area contributed by atoms with Gasteiger partial charge in [-0.15, -0.1) is 0 Å². The Kier molecular flexibility index (Phi) is 4.64. The van der Waals surface area contributed by atoms with Crippen LogP contribution in [0.2, 0.25) is 0 Å². The van der Waals surface area contributed by atoms with E-state index in [4.69, 9.17) is 0 Å². The van der Waals surface area contributed by atoms with Crippen molar-refractivity contribution in [1.29, 1.82) is 0 Å². The maximum Gasteiger partial charge on any atom is 0.136 e. The van der Waals surface area contributed by atoms with Gasteiger partial charge in [-0.05, 0) is 24.7 Å². The fourth-order valence-electron chi connectivity index (χ4n) is 2.64. The number of carbonyl (C=O) groups is 1. The second-order valence-electron chi connectivity index (χ2n) is 4.89. The number of hydrogen-bond donors (Lipinski definition) is 0. The molecule has 1 rings (SSSR count). The minimum atomic E-state index is 0.380. The maximum absolute atomic E-state index is 11.7. The molecule has 0 N–H and O–H groups in total. The summed E-state index contributed by atoms with van der Waals surface area (Å²) in [4.78, 5) is 11.7. The molecule has 0 aromatic carbocycles. The van der Waals surface area contributed by atoms with Gasteiger partial charge in [0.1, 0.15) is 5.78 Å². The van der Waals surface area contributed by atoms with Crippen molar-refractivity contribution in [3.8, 4) is 0 Å². The molecule has 0 aliphatic heterocycles. The molecule has 0 aromatic rings. The molecule has 1 aliphatic rings. The standard InChI is InChI=1S/C13H24O/c1-4-6-11-7-8-13(14)12(9-11)10(3)5-2/h10-12H,4-9H2,1-3H3. The van der Waals surface area contributed by atoms with Gasteiger partial charge in [-0.1, -0.05) is 40.0 Å². The average Bonchev–Trinajstić information content (AvgIpc) is 2.20. The monoisotopic (exact) mass is 196 g/mol. The van der Waals surface area contributed by atoms with E-state index < -0.39 is 0 Å². The smallest absolute Gasteiger partial charge is 0.136 e. The summed E-state index contributed by atoms with van der Waals surface area (Å²) in [6, 6.07) is 0. The summed E-state index contributed by atoms with van der Waals surface area (Å²) < 4.78 is 0. The van der Waals surface area contributed by atoms with Crippen LogP contribution in [0.1, 0.15) is 59.3 Å². The Balaban J connectivity index is 2.50. The first-order valence-electron chi connectivity index (χ1n) is 6.21. The normalized spacial score (nSPS) is 30.4. The third-order valence-corrected chi connectivity index (χ3v) is 3.83. The highest BCUT2D eigenvalue weighted by Gasteiger charge is 2.30. The summed E-state index contributed by atoms with van der Waals surface area (Å²) >= 11 is 0. The molecule has 0 bridgehead atoms. The Morgan fingerprint density at radius 1 is 1.43 bits per heavy atom. The predicted octanol–water partition coefficient (Wildman–Crippen LogP) is 3.82. The largest absolute Gasteiger partial charge is 0.299 e. The van der Waals surface area contributed by atoms with Crippen LogP contribution in [0.15, 0.2) is 0 Å². The number of hydrogen-bond acceptors (Lipinski definition) is 1. The van der Waals surface area contributed by atoms with Gasteiger partial charge < -0.3 is 0 Å². The number of rotatable bonds is 4. The number of ketones is 1. The Labute approximate surface area is 88.3 Å². The van der Waals surface area contributed by atoms with E-state index in [0.29, 0.717) is 17.6 Å². The van der Waals surface area contributed by atoms with Crippen LogP contribution in [0, 0.1) is 17.8 Å². The van der Waals surface area contributed by atoms with Gasteiger partial charge in [-0.3, -0.25) is 4.79 Å². The molecule has 3 unspecified atom stereocenters. The molecular formula is C13H24O. The molecule has 0 amide bonds. The lowest BCUT2D eigenvalue weighted by Crippen LogP contribution is -2.29. The van der Waals surface area contributed by atoms with E-state index in [1.807, 2.05) is 0 Å². The average molecular weight is 196 g/mol. The summed E-state index contributed by atoms with van der Waals surface area (Å²) in [5.41, 5.74) is 0. The van der Waals surface area contributed by atoms with Gasteiger partial charge in [0.15, 0.2) is 0 Å². The summed E-state index contributed by atoms with van der Waals surface area (Å²) in [6.45, 7) is 6.67.